The second-order valence-corrected chi connectivity index (χ2v) is 9.58. The Kier molecular flexibility index (Phi) is 9.91. The summed E-state index contributed by atoms with van der Waals surface area (Å²) in [5.74, 6) is 2.62. The Balaban J connectivity index is 1.29. The Hall–Kier alpha value is -4.17. The van der Waals surface area contributed by atoms with Gasteiger partial charge in [0.15, 0.2) is 17.3 Å². The number of nitrogens with one attached hydrogen (secondary N) is 1. The van der Waals surface area contributed by atoms with Gasteiger partial charge in [0, 0.05) is 12.0 Å². The van der Waals surface area contributed by atoms with Crippen molar-refractivity contribution in [2.45, 2.75) is 32.6 Å². The van der Waals surface area contributed by atoms with Gasteiger partial charge in [0.1, 0.15) is 22.9 Å². The van der Waals surface area contributed by atoms with Crippen LogP contribution >= 0.6 is 11.6 Å². The van der Waals surface area contributed by atoms with Gasteiger partial charge in [-0.25, -0.2) is 0 Å². The molecule has 40 heavy (non-hydrogen) atoms. The molecule has 0 unspecified atom stereocenters. The van der Waals surface area contributed by atoms with Gasteiger partial charge >= 0.3 is 0 Å². The molecule has 3 aromatic carbocycles. The predicted octanol–water partition coefficient (Wildman–Crippen LogP) is 7.11. The van der Waals surface area contributed by atoms with Gasteiger partial charge in [-0.15, -0.1) is 0 Å². The van der Waals surface area contributed by atoms with E-state index in [1.165, 1.54) is 6.07 Å². The highest BCUT2D eigenvalue weighted by Crippen LogP contribution is 2.41. The normalized spacial score (nSPS) is 12.1. The van der Waals surface area contributed by atoms with Gasteiger partial charge in [0.05, 0.1) is 43.3 Å². The fourth-order valence-electron chi connectivity index (χ4n) is 4.08. The first-order valence-corrected chi connectivity index (χ1v) is 13.4. The highest BCUT2D eigenvalue weighted by molar-refractivity contribution is 6.32. The number of ether oxygens (including phenoxy) is 5. The van der Waals surface area contributed by atoms with Crippen molar-refractivity contribution in [2.24, 2.45) is 0 Å². The predicted molar refractivity (Wildman–Crippen MR) is 154 cm³/mol. The number of hydrogen-bond acceptors (Lipinski definition) is 7. The Morgan fingerprint density at radius 1 is 0.975 bits per heavy atom. The van der Waals surface area contributed by atoms with E-state index < -0.39 is 5.91 Å². The number of unbranched alkanes of at least 4 members (excludes halogenated alkanes) is 2. The molecule has 0 radical (unpaired) electrons. The SMILES string of the molecule is C=C(C)Oc1ccc2c(c1NC(=O)c1ccc(OCCCCCOc3ccc(OC)cc3)c(Cl)c1)OCCC2=O. The van der Waals surface area contributed by atoms with Crippen LogP contribution in [0.3, 0.4) is 0 Å². The molecule has 1 amide bonds. The monoisotopic (exact) mass is 565 g/mol. The highest BCUT2D eigenvalue weighted by atomic mass is 35.5. The molecule has 1 aliphatic heterocycles. The molecule has 0 atom stereocenters. The molecule has 0 spiro atoms. The van der Waals surface area contributed by atoms with E-state index in [4.69, 9.17) is 35.3 Å². The van der Waals surface area contributed by atoms with Crippen LogP contribution in [0.25, 0.3) is 0 Å². The van der Waals surface area contributed by atoms with Crippen LogP contribution in [0.15, 0.2) is 66.9 Å². The minimum Gasteiger partial charge on any atom is -0.497 e. The van der Waals surface area contributed by atoms with E-state index in [9.17, 15) is 9.59 Å². The molecule has 0 aliphatic carbocycles. The van der Waals surface area contributed by atoms with E-state index >= 15 is 0 Å². The molecule has 8 nitrogen and oxygen atoms in total. The number of fused-ring (bicyclic) bond motifs is 1. The van der Waals surface area contributed by atoms with Gasteiger partial charge in [-0.3, -0.25) is 9.59 Å². The first-order valence-electron chi connectivity index (χ1n) is 13.0. The molecule has 1 N–H and O–H groups in total. The number of carbonyl (C=O) groups is 2. The Morgan fingerprint density at radius 3 is 2.38 bits per heavy atom. The van der Waals surface area contributed by atoms with Crippen molar-refractivity contribution in [3.05, 3.63) is 83.1 Å². The van der Waals surface area contributed by atoms with Crippen molar-refractivity contribution in [1.82, 2.24) is 0 Å². The summed E-state index contributed by atoms with van der Waals surface area (Å²) >= 11 is 6.42. The summed E-state index contributed by atoms with van der Waals surface area (Å²) in [6, 6.07) is 15.6. The molecule has 0 saturated heterocycles. The van der Waals surface area contributed by atoms with Gasteiger partial charge in [-0.2, -0.15) is 0 Å². The largest absolute Gasteiger partial charge is 0.497 e. The van der Waals surface area contributed by atoms with Crippen molar-refractivity contribution >= 4 is 29.0 Å². The minimum atomic E-state index is -0.438. The zero-order valence-corrected chi connectivity index (χ0v) is 23.3. The van der Waals surface area contributed by atoms with E-state index in [0.717, 1.165) is 30.8 Å². The molecule has 0 fully saturated rings. The minimum absolute atomic E-state index is 0.0621. The topological polar surface area (TPSA) is 92.3 Å². The quantitative estimate of drug-likeness (QED) is 0.174. The van der Waals surface area contributed by atoms with Crippen LogP contribution < -0.4 is 29.0 Å². The van der Waals surface area contributed by atoms with Crippen LogP contribution in [0.4, 0.5) is 5.69 Å². The fraction of sp³-hybridized carbons (Fsp3) is 0.290. The van der Waals surface area contributed by atoms with E-state index in [2.05, 4.69) is 11.9 Å². The third kappa shape index (κ3) is 7.48. The Bertz CT molecular complexity index is 1370. The van der Waals surface area contributed by atoms with Crippen LogP contribution in [-0.4, -0.2) is 38.6 Å². The van der Waals surface area contributed by atoms with E-state index in [1.807, 2.05) is 24.3 Å². The maximum Gasteiger partial charge on any atom is 0.255 e. The standard InChI is InChI=1S/C31H32ClNO7/c1-20(2)40-28-14-12-24-26(34)15-18-39-30(24)29(28)33-31(35)21-7-13-27(25(32)19-21)38-17-6-4-5-16-37-23-10-8-22(36-3)9-11-23/h7-14,19H,1,4-6,15-18H2,2-3H3,(H,33,35). The molecular weight excluding hydrogens is 534 g/mol. The van der Waals surface area contributed by atoms with Crippen molar-refractivity contribution in [2.75, 3.05) is 32.2 Å². The van der Waals surface area contributed by atoms with E-state index in [1.54, 1.807) is 38.3 Å². The molecule has 0 bridgehead atoms. The number of ketones is 1. The average molecular weight is 566 g/mol. The number of rotatable bonds is 13. The third-order valence-electron chi connectivity index (χ3n) is 6.09. The summed E-state index contributed by atoms with van der Waals surface area (Å²) in [6.45, 7) is 6.76. The average Bonchev–Trinajstić information content (AvgIpc) is 2.94. The summed E-state index contributed by atoms with van der Waals surface area (Å²) in [6.07, 6.45) is 2.91. The summed E-state index contributed by atoms with van der Waals surface area (Å²) in [5.41, 5.74) is 0.977. The number of methoxy groups -OCH3 is 1. The first-order chi connectivity index (χ1) is 19.4. The van der Waals surface area contributed by atoms with E-state index in [-0.39, 0.29) is 30.2 Å². The highest BCUT2D eigenvalue weighted by Gasteiger charge is 2.26. The number of allylic oxidation sites excluding steroid dienone is 1. The lowest BCUT2D eigenvalue weighted by molar-refractivity contribution is 0.0931. The van der Waals surface area contributed by atoms with Crippen LogP contribution in [0, 0.1) is 0 Å². The lowest BCUT2D eigenvalue weighted by Crippen LogP contribution is -2.20. The number of halogens is 1. The summed E-state index contributed by atoms with van der Waals surface area (Å²) in [7, 11) is 1.63. The Morgan fingerprint density at radius 2 is 1.68 bits per heavy atom. The number of hydrogen-bond donors (Lipinski definition) is 1. The molecule has 9 heteroatoms. The third-order valence-corrected chi connectivity index (χ3v) is 6.38. The second-order valence-electron chi connectivity index (χ2n) is 9.17. The van der Waals surface area contributed by atoms with Crippen molar-refractivity contribution in [3.8, 4) is 28.7 Å². The number of amides is 1. The van der Waals surface area contributed by atoms with Crippen LogP contribution in [0.5, 0.6) is 28.7 Å². The number of carbonyl (C=O) groups excluding carboxylic acids is 2. The number of benzene rings is 3. The maximum absolute atomic E-state index is 13.1. The van der Waals surface area contributed by atoms with Gasteiger partial charge in [-0.1, -0.05) is 18.2 Å². The molecule has 0 saturated carbocycles. The van der Waals surface area contributed by atoms with Crippen LogP contribution in [0.1, 0.15) is 53.3 Å². The molecule has 0 aromatic heterocycles. The summed E-state index contributed by atoms with van der Waals surface area (Å²) in [5, 5.41) is 3.13. The smallest absolute Gasteiger partial charge is 0.255 e. The molecule has 210 valence electrons. The molecular formula is C31H32ClNO7. The van der Waals surface area contributed by atoms with Gasteiger partial charge in [0.2, 0.25) is 0 Å². The van der Waals surface area contributed by atoms with Gasteiger partial charge in [0.25, 0.3) is 5.91 Å². The number of anilines is 1. The van der Waals surface area contributed by atoms with Crippen molar-refractivity contribution < 1.29 is 33.3 Å². The van der Waals surface area contributed by atoms with Crippen molar-refractivity contribution in [1.29, 1.82) is 0 Å². The summed E-state index contributed by atoms with van der Waals surface area (Å²) < 4.78 is 28.1. The van der Waals surface area contributed by atoms with Gasteiger partial charge < -0.3 is 29.0 Å². The second kappa shape index (κ2) is 13.8. The fourth-order valence-corrected chi connectivity index (χ4v) is 4.31. The molecule has 4 rings (SSSR count). The van der Waals surface area contributed by atoms with Crippen LogP contribution in [0.2, 0.25) is 5.02 Å². The van der Waals surface area contributed by atoms with Crippen molar-refractivity contribution in [3.63, 3.8) is 0 Å². The lowest BCUT2D eigenvalue weighted by atomic mass is 10.0. The zero-order chi connectivity index (χ0) is 28.5. The summed E-state index contributed by atoms with van der Waals surface area (Å²) in [4.78, 5) is 25.5. The van der Waals surface area contributed by atoms with Crippen LogP contribution in [-0.2, 0) is 0 Å². The molecule has 1 heterocycles. The lowest BCUT2D eigenvalue weighted by Gasteiger charge is -2.22. The maximum atomic E-state index is 13.1. The molecule has 1 aliphatic rings. The zero-order valence-electron chi connectivity index (χ0n) is 22.6. The van der Waals surface area contributed by atoms with E-state index in [0.29, 0.717) is 46.6 Å². The number of Topliss-reactive ketones (excluding diaryl/α,β-unsaturated/α-hetero) is 1. The Labute approximate surface area is 238 Å². The molecule has 3 aromatic rings. The first kappa shape index (κ1) is 28.8. The van der Waals surface area contributed by atoms with Gasteiger partial charge in [-0.05, 0) is 80.8 Å².